The zero-order chi connectivity index (χ0) is 14.6. The maximum Gasteiger partial charge on any atom is 0.240 e. The molecule has 0 aliphatic carbocycles. The molecule has 2 rings (SSSR count). The van der Waals surface area contributed by atoms with E-state index in [9.17, 15) is 12.8 Å². The van der Waals surface area contributed by atoms with Crippen molar-refractivity contribution < 1.29 is 12.8 Å². The van der Waals surface area contributed by atoms with Crippen LogP contribution < -0.4 is 4.72 Å². The van der Waals surface area contributed by atoms with Crippen molar-refractivity contribution in [3.63, 3.8) is 0 Å². The fraction of sp³-hybridized carbons (Fsp3) is 0.154. The Bertz CT molecular complexity index is 693. The third-order valence-electron chi connectivity index (χ3n) is 2.60. The minimum atomic E-state index is -3.70. The van der Waals surface area contributed by atoms with Crippen LogP contribution in [0.5, 0.6) is 0 Å². The van der Waals surface area contributed by atoms with E-state index in [0.29, 0.717) is 6.42 Å². The van der Waals surface area contributed by atoms with Gasteiger partial charge >= 0.3 is 0 Å². The summed E-state index contributed by atoms with van der Waals surface area (Å²) in [6.45, 7) is 0.203. The van der Waals surface area contributed by atoms with E-state index in [1.54, 1.807) is 12.3 Å². The topological polar surface area (TPSA) is 59.1 Å². The minimum Gasteiger partial charge on any atom is -0.261 e. The van der Waals surface area contributed by atoms with E-state index in [4.69, 9.17) is 11.6 Å². The Labute approximate surface area is 121 Å². The van der Waals surface area contributed by atoms with Crippen LogP contribution in [0, 0.1) is 5.82 Å². The summed E-state index contributed by atoms with van der Waals surface area (Å²) in [6, 6.07) is 8.70. The van der Waals surface area contributed by atoms with Gasteiger partial charge in [0.25, 0.3) is 0 Å². The summed E-state index contributed by atoms with van der Waals surface area (Å²) in [5, 5.41) is -0.224. The van der Waals surface area contributed by atoms with Gasteiger partial charge in [0, 0.05) is 24.9 Å². The van der Waals surface area contributed by atoms with Gasteiger partial charge in [-0.15, -0.1) is 0 Å². The third-order valence-corrected chi connectivity index (χ3v) is 4.35. The zero-order valence-electron chi connectivity index (χ0n) is 10.4. The first-order valence-electron chi connectivity index (χ1n) is 5.84. The van der Waals surface area contributed by atoms with Crippen LogP contribution >= 0.6 is 11.6 Å². The van der Waals surface area contributed by atoms with Crippen LogP contribution in [0.3, 0.4) is 0 Å². The lowest BCUT2D eigenvalue weighted by atomic mass is 10.3. The number of rotatable bonds is 5. The first-order chi connectivity index (χ1) is 9.49. The number of nitrogens with zero attached hydrogens (tertiary/aromatic N) is 1. The molecular formula is C13H12ClFN2O2S. The van der Waals surface area contributed by atoms with Crippen molar-refractivity contribution in [1.29, 1.82) is 0 Å². The fourth-order valence-corrected chi connectivity index (χ4v) is 2.89. The van der Waals surface area contributed by atoms with Gasteiger partial charge in [-0.05, 0) is 30.3 Å². The third kappa shape index (κ3) is 3.75. The Morgan fingerprint density at radius 3 is 2.70 bits per heavy atom. The first-order valence-corrected chi connectivity index (χ1v) is 7.70. The molecule has 0 atom stereocenters. The van der Waals surface area contributed by atoms with Crippen LogP contribution in [-0.4, -0.2) is 19.9 Å². The number of nitrogens with one attached hydrogen (secondary N) is 1. The lowest BCUT2D eigenvalue weighted by Gasteiger charge is -2.07. The van der Waals surface area contributed by atoms with Crippen molar-refractivity contribution in [3.05, 3.63) is 59.1 Å². The monoisotopic (exact) mass is 314 g/mol. The van der Waals surface area contributed by atoms with Gasteiger partial charge in [0.15, 0.2) is 0 Å². The van der Waals surface area contributed by atoms with E-state index in [-0.39, 0.29) is 16.5 Å². The van der Waals surface area contributed by atoms with Crippen molar-refractivity contribution in [2.24, 2.45) is 0 Å². The first kappa shape index (κ1) is 14.9. The van der Waals surface area contributed by atoms with Crippen LogP contribution in [0.4, 0.5) is 4.39 Å². The molecule has 0 amide bonds. The molecule has 106 valence electrons. The highest BCUT2D eigenvalue weighted by Gasteiger charge is 2.15. The summed E-state index contributed by atoms with van der Waals surface area (Å²) in [7, 11) is -3.70. The lowest BCUT2D eigenvalue weighted by molar-refractivity contribution is 0.580. The quantitative estimate of drug-likeness (QED) is 0.922. The number of benzene rings is 1. The SMILES string of the molecule is O=S(=O)(NCCc1ccccn1)c1ccc(F)c(Cl)c1. The average molecular weight is 315 g/mol. The van der Waals surface area contributed by atoms with Crippen molar-refractivity contribution in [1.82, 2.24) is 9.71 Å². The number of halogens is 2. The molecule has 1 heterocycles. The number of aromatic nitrogens is 1. The molecule has 0 spiro atoms. The standard InChI is InChI=1S/C13H12ClFN2O2S/c14-12-9-11(4-5-13(12)15)20(18,19)17-8-6-10-3-1-2-7-16-10/h1-5,7,9,17H,6,8H2. The predicted octanol–water partition coefficient (Wildman–Crippen LogP) is 2.40. The number of sulfonamides is 1. The second-order valence-electron chi connectivity index (χ2n) is 4.04. The largest absolute Gasteiger partial charge is 0.261 e. The fourth-order valence-electron chi connectivity index (χ4n) is 1.59. The summed E-state index contributed by atoms with van der Waals surface area (Å²) in [6.07, 6.45) is 2.11. The minimum absolute atomic E-state index is 0.0649. The molecule has 0 radical (unpaired) electrons. The van der Waals surface area contributed by atoms with Gasteiger partial charge in [-0.2, -0.15) is 0 Å². The molecule has 1 aromatic carbocycles. The van der Waals surface area contributed by atoms with Crippen molar-refractivity contribution >= 4 is 21.6 Å². The van der Waals surface area contributed by atoms with E-state index >= 15 is 0 Å². The van der Waals surface area contributed by atoms with Crippen LogP contribution in [-0.2, 0) is 16.4 Å². The molecule has 0 aliphatic rings. The Kier molecular flexibility index (Phi) is 4.69. The van der Waals surface area contributed by atoms with E-state index < -0.39 is 15.8 Å². The smallest absolute Gasteiger partial charge is 0.240 e. The molecule has 0 unspecified atom stereocenters. The molecule has 0 bridgehead atoms. The van der Waals surface area contributed by atoms with Gasteiger partial charge in [0.1, 0.15) is 5.82 Å². The summed E-state index contributed by atoms with van der Waals surface area (Å²) in [5.74, 6) is -0.654. The van der Waals surface area contributed by atoms with Crippen molar-refractivity contribution in [3.8, 4) is 0 Å². The van der Waals surface area contributed by atoms with Gasteiger partial charge < -0.3 is 0 Å². The average Bonchev–Trinajstić information content (AvgIpc) is 2.43. The lowest BCUT2D eigenvalue weighted by Crippen LogP contribution is -2.26. The van der Waals surface area contributed by atoms with Crippen LogP contribution in [0.2, 0.25) is 5.02 Å². The van der Waals surface area contributed by atoms with E-state index in [2.05, 4.69) is 9.71 Å². The molecular weight excluding hydrogens is 303 g/mol. The molecule has 0 saturated carbocycles. The molecule has 1 aromatic heterocycles. The Balaban J connectivity index is 2.02. The second-order valence-corrected chi connectivity index (χ2v) is 6.22. The van der Waals surface area contributed by atoms with E-state index in [0.717, 1.165) is 17.8 Å². The van der Waals surface area contributed by atoms with Crippen LogP contribution in [0.1, 0.15) is 5.69 Å². The van der Waals surface area contributed by atoms with Crippen molar-refractivity contribution in [2.75, 3.05) is 6.54 Å². The van der Waals surface area contributed by atoms with Gasteiger partial charge in [0.05, 0.1) is 9.92 Å². The van der Waals surface area contributed by atoms with Gasteiger partial charge in [-0.3, -0.25) is 4.98 Å². The Morgan fingerprint density at radius 2 is 2.05 bits per heavy atom. The Morgan fingerprint density at radius 1 is 1.25 bits per heavy atom. The molecule has 7 heteroatoms. The highest BCUT2D eigenvalue weighted by atomic mass is 35.5. The predicted molar refractivity (Wildman–Crippen MR) is 74.5 cm³/mol. The Hall–Kier alpha value is -1.50. The molecule has 1 N–H and O–H groups in total. The van der Waals surface area contributed by atoms with E-state index in [1.165, 1.54) is 6.07 Å². The molecule has 0 saturated heterocycles. The normalized spacial score (nSPS) is 11.5. The zero-order valence-corrected chi connectivity index (χ0v) is 12.0. The summed E-state index contributed by atoms with van der Waals surface area (Å²) < 4.78 is 39.4. The second kappa shape index (κ2) is 6.30. The molecule has 0 aliphatic heterocycles. The number of hydrogen-bond acceptors (Lipinski definition) is 3. The molecule has 20 heavy (non-hydrogen) atoms. The number of pyridine rings is 1. The van der Waals surface area contributed by atoms with Gasteiger partial charge in [-0.25, -0.2) is 17.5 Å². The molecule has 2 aromatic rings. The highest BCUT2D eigenvalue weighted by molar-refractivity contribution is 7.89. The van der Waals surface area contributed by atoms with Crippen LogP contribution in [0.15, 0.2) is 47.5 Å². The van der Waals surface area contributed by atoms with E-state index in [1.807, 2.05) is 12.1 Å². The number of hydrogen-bond donors (Lipinski definition) is 1. The maximum absolute atomic E-state index is 13.0. The highest BCUT2D eigenvalue weighted by Crippen LogP contribution is 2.19. The van der Waals surface area contributed by atoms with Crippen molar-refractivity contribution in [2.45, 2.75) is 11.3 Å². The van der Waals surface area contributed by atoms with Crippen LogP contribution in [0.25, 0.3) is 0 Å². The van der Waals surface area contributed by atoms with Gasteiger partial charge in [0.2, 0.25) is 10.0 Å². The maximum atomic E-state index is 13.0. The van der Waals surface area contributed by atoms with Gasteiger partial charge in [-0.1, -0.05) is 17.7 Å². The summed E-state index contributed by atoms with van der Waals surface area (Å²) in [4.78, 5) is 4.03. The molecule has 0 fully saturated rings. The summed E-state index contributed by atoms with van der Waals surface area (Å²) in [5.41, 5.74) is 0.785. The molecule has 4 nitrogen and oxygen atoms in total. The summed E-state index contributed by atoms with van der Waals surface area (Å²) >= 11 is 5.57.